The van der Waals surface area contributed by atoms with Crippen LogP contribution in [0.5, 0.6) is 0 Å². The van der Waals surface area contributed by atoms with E-state index < -0.39 is 0 Å². The van der Waals surface area contributed by atoms with Gasteiger partial charge in [0, 0.05) is 26.2 Å². The van der Waals surface area contributed by atoms with Gasteiger partial charge < -0.3 is 9.80 Å². The third-order valence-corrected chi connectivity index (χ3v) is 2.80. The van der Waals surface area contributed by atoms with E-state index in [1.54, 1.807) is 0 Å². The predicted octanol–water partition coefficient (Wildman–Crippen LogP) is 2.47. The van der Waals surface area contributed by atoms with E-state index in [4.69, 9.17) is 10.5 Å². The lowest BCUT2D eigenvalue weighted by molar-refractivity contribution is -0.176. The summed E-state index contributed by atoms with van der Waals surface area (Å²) in [5.74, 6) is 0. The molecule has 0 atom stereocenters. The Kier molecular flexibility index (Phi) is 9.86. The molecular formula is C12H24N2O2. The average molecular weight is 228 g/mol. The highest BCUT2D eigenvalue weighted by Crippen LogP contribution is 2.06. The van der Waals surface area contributed by atoms with Gasteiger partial charge in [-0.15, -0.1) is 0 Å². The Balaban J connectivity index is 0.000000244. The standard InChI is InChI=1S/2C6H11N.H2O2/c2*1-2-7-5-3-4-6-7;1-2/h2*2H,1,3-6H2;1-2H. The Morgan fingerprint density at radius 3 is 1.06 bits per heavy atom. The summed E-state index contributed by atoms with van der Waals surface area (Å²) in [5, 5.41) is 12.0. The topological polar surface area (TPSA) is 46.9 Å². The quantitative estimate of drug-likeness (QED) is 0.563. The maximum atomic E-state index is 6.00. The zero-order valence-corrected chi connectivity index (χ0v) is 10.0. The van der Waals surface area contributed by atoms with Crippen LogP contribution in [0.25, 0.3) is 0 Å². The van der Waals surface area contributed by atoms with Crippen LogP contribution in [0.4, 0.5) is 0 Å². The van der Waals surface area contributed by atoms with Crippen molar-refractivity contribution < 1.29 is 10.5 Å². The summed E-state index contributed by atoms with van der Waals surface area (Å²) in [5.41, 5.74) is 0. The second kappa shape index (κ2) is 10.5. The van der Waals surface area contributed by atoms with Crippen LogP contribution < -0.4 is 0 Å². The fourth-order valence-corrected chi connectivity index (χ4v) is 1.85. The number of hydrogen-bond donors (Lipinski definition) is 2. The Morgan fingerprint density at radius 2 is 0.938 bits per heavy atom. The molecule has 0 aromatic carbocycles. The van der Waals surface area contributed by atoms with Crippen molar-refractivity contribution in [2.75, 3.05) is 26.2 Å². The molecule has 2 N–H and O–H groups in total. The van der Waals surface area contributed by atoms with E-state index in [1.165, 1.54) is 51.9 Å². The van der Waals surface area contributed by atoms with Crippen molar-refractivity contribution >= 4 is 0 Å². The van der Waals surface area contributed by atoms with Gasteiger partial charge in [0.25, 0.3) is 0 Å². The van der Waals surface area contributed by atoms with Crippen molar-refractivity contribution in [1.82, 2.24) is 9.80 Å². The first-order valence-electron chi connectivity index (χ1n) is 5.80. The van der Waals surface area contributed by atoms with Crippen LogP contribution >= 0.6 is 0 Å². The molecule has 16 heavy (non-hydrogen) atoms. The molecule has 0 bridgehead atoms. The summed E-state index contributed by atoms with van der Waals surface area (Å²) >= 11 is 0. The molecule has 0 aromatic heterocycles. The lowest BCUT2D eigenvalue weighted by Gasteiger charge is -2.07. The van der Waals surface area contributed by atoms with Crippen LogP contribution in [0.3, 0.4) is 0 Å². The van der Waals surface area contributed by atoms with Gasteiger partial charge in [-0.2, -0.15) is 0 Å². The number of likely N-dealkylation sites (tertiary alicyclic amines) is 2. The number of nitrogens with zero attached hydrogens (tertiary/aromatic N) is 2. The van der Waals surface area contributed by atoms with Crippen molar-refractivity contribution in [2.24, 2.45) is 0 Å². The maximum Gasteiger partial charge on any atom is 0.0172 e. The minimum atomic E-state index is 1.23. The highest BCUT2D eigenvalue weighted by molar-refractivity contribution is 4.75. The van der Waals surface area contributed by atoms with E-state index in [0.29, 0.717) is 0 Å². The zero-order chi connectivity index (χ0) is 12.2. The van der Waals surface area contributed by atoms with Gasteiger partial charge in [0.1, 0.15) is 0 Å². The molecule has 0 unspecified atom stereocenters. The van der Waals surface area contributed by atoms with Crippen molar-refractivity contribution in [3.05, 3.63) is 25.6 Å². The summed E-state index contributed by atoms with van der Waals surface area (Å²) in [6.07, 6.45) is 9.26. The summed E-state index contributed by atoms with van der Waals surface area (Å²) < 4.78 is 0. The van der Waals surface area contributed by atoms with Crippen LogP contribution in [0, 0.1) is 0 Å². The van der Waals surface area contributed by atoms with Gasteiger partial charge in [0.15, 0.2) is 0 Å². The molecule has 2 saturated heterocycles. The Bertz CT molecular complexity index is 154. The second-order valence-electron chi connectivity index (χ2n) is 3.85. The van der Waals surface area contributed by atoms with Gasteiger partial charge in [0.05, 0.1) is 0 Å². The van der Waals surface area contributed by atoms with Crippen molar-refractivity contribution in [1.29, 1.82) is 0 Å². The molecule has 94 valence electrons. The zero-order valence-electron chi connectivity index (χ0n) is 10.0. The fourth-order valence-electron chi connectivity index (χ4n) is 1.85. The van der Waals surface area contributed by atoms with E-state index >= 15 is 0 Å². The average Bonchev–Trinajstić information content (AvgIpc) is 3.05. The largest absolute Gasteiger partial charge is 0.378 e. The SMILES string of the molecule is C=CN1CCCC1.C=CN1CCCC1.OO. The first-order chi connectivity index (χ1) is 7.86. The van der Waals surface area contributed by atoms with Gasteiger partial charge in [-0.1, -0.05) is 13.2 Å². The lowest BCUT2D eigenvalue weighted by Crippen LogP contribution is -2.08. The third kappa shape index (κ3) is 6.48. The van der Waals surface area contributed by atoms with E-state index in [1.807, 2.05) is 12.4 Å². The van der Waals surface area contributed by atoms with E-state index in [2.05, 4.69) is 23.0 Å². The molecule has 0 aliphatic carbocycles. The first kappa shape index (κ1) is 15.0. The molecule has 2 aliphatic heterocycles. The van der Waals surface area contributed by atoms with E-state index in [0.717, 1.165) is 0 Å². The molecule has 0 radical (unpaired) electrons. The van der Waals surface area contributed by atoms with Crippen molar-refractivity contribution in [3.63, 3.8) is 0 Å². The van der Waals surface area contributed by atoms with Gasteiger partial charge in [-0.3, -0.25) is 10.5 Å². The maximum absolute atomic E-state index is 6.00. The molecule has 2 rings (SSSR count). The summed E-state index contributed by atoms with van der Waals surface area (Å²) in [7, 11) is 0. The number of hydrogen-bond acceptors (Lipinski definition) is 4. The second-order valence-corrected chi connectivity index (χ2v) is 3.85. The molecule has 2 fully saturated rings. The van der Waals surface area contributed by atoms with Crippen LogP contribution in [0.1, 0.15) is 25.7 Å². The fraction of sp³-hybridized carbons (Fsp3) is 0.667. The molecular weight excluding hydrogens is 204 g/mol. The molecule has 0 saturated carbocycles. The van der Waals surface area contributed by atoms with Crippen molar-refractivity contribution in [3.8, 4) is 0 Å². The van der Waals surface area contributed by atoms with Crippen LogP contribution in [0.15, 0.2) is 25.6 Å². The highest BCUT2D eigenvalue weighted by atomic mass is 17.0. The van der Waals surface area contributed by atoms with Crippen LogP contribution in [-0.2, 0) is 0 Å². The summed E-state index contributed by atoms with van der Waals surface area (Å²) in [4.78, 5) is 4.50. The lowest BCUT2D eigenvalue weighted by atomic mass is 10.4. The first-order valence-corrected chi connectivity index (χ1v) is 5.80. The minimum absolute atomic E-state index is 1.23. The molecule has 4 nitrogen and oxygen atoms in total. The van der Waals surface area contributed by atoms with Crippen LogP contribution in [-0.4, -0.2) is 46.5 Å². The van der Waals surface area contributed by atoms with E-state index in [-0.39, 0.29) is 0 Å². The molecule has 0 spiro atoms. The minimum Gasteiger partial charge on any atom is -0.378 e. The van der Waals surface area contributed by atoms with Gasteiger partial charge in [-0.05, 0) is 38.1 Å². The van der Waals surface area contributed by atoms with Gasteiger partial charge >= 0.3 is 0 Å². The third-order valence-electron chi connectivity index (χ3n) is 2.80. The van der Waals surface area contributed by atoms with E-state index in [9.17, 15) is 0 Å². The normalized spacial score (nSPS) is 18.1. The Labute approximate surface area is 98.4 Å². The summed E-state index contributed by atoms with van der Waals surface area (Å²) in [6, 6.07) is 0. The molecule has 4 heteroatoms. The molecule has 2 aliphatic rings. The van der Waals surface area contributed by atoms with Crippen LogP contribution in [0.2, 0.25) is 0 Å². The molecule has 0 aromatic rings. The monoisotopic (exact) mass is 228 g/mol. The smallest absolute Gasteiger partial charge is 0.0172 e. The van der Waals surface area contributed by atoms with Gasteiger partial charge in [0.2, 0.25) is 0 Å². The number of rotatable bonds is 2. The Morgan fingerprint density at radius 1 is 0.688 bits per heavy atom. The highest BCUT2D eigenvalue weighted by Gasteiger charge is 2.04. The predicted molar refractivity (Wildman–Crippen MR) is 67.3 cm³/mol. The Hall–Kier alpha value is -1.00. The molecule has 0 amide bonds. The van der Waals surface area contributed by atoms with Gasteiger partial charge in [-0.25, -0.2) is 0 Å². The summed E-state index contributed by atoms with van der Waals surface area (Å²) in [6.45, 7) is 12.2. The molecule has 2 heterocycles. The van der Waals surface area contributed by atoms with Crippen molar-refractivity contribution in [2.45, 2.75) is 25.7 Å².